The van der Waals surface area contributed by atoms with Gasteiger partial charge in [-0.05, 0) is 103 Å². The van der Waals surface area contributed by atoms with Crippen LogP contribution < -0.4 is 20.1 Å². The average Bonchev–Trinajstić information content (AvgIpc) is 3.89. The Balaban J connectivity index is 1.29. The molecule has 238 valence electrons. The highest BCUT2D eigenvalue weighted by molar-refractivity contribution is 7.89. The molecule has 0 aromatic heterocycles. The molecule has 0 bridgehead atoms. The van der Waals surface area contributed by atoms with Gasteiger partial charge in [0, 0.05) is 17.8 Å². The molecular weight excluding hydrogens is 606 g/mol. The zero-order chi connectivity index (χ0) is 32.7. The van der Waals surface area contributed by atoms with Gasteiger partial charge < -0.3 is 20.5 Å². The molecule has 0 saturated heterocycles. The molecule has 5 rings (SSSR count). The fourth-order valence-electron chi connectivity index (χ4n) is 4.74. The van der Waals surface area contributed by atoms with E-state index in [1.807, 2.05) is 12.1 Å². The molecule has 0 aliphatic heterocycles. The van der Waals surface area contributed by atoms with Crippen LogP contribution in [0.25, 0.3) is 0 Å². The number of anilines is 2. The summed E-state index contributed by atoms with van der Waals surface area (Å²) in [6.07, 6.45) is 3.68. The summed E-state index contributed by atoms with van der Waals surface area (Å²) >= 11 is 0. The molecule has 4 aromatic carbocycles. The van der Waals surface area contributed by atoms with Gasteiger partial charge in [0.2, 0.25) is 10.0 Å². The van der Waals surface area contributed by atoms with Gasteiger partial charge >= 0.3 is 5.97 Å². The number of carboxylic acids is 1. The maximum Gasteiger partial charge on any atom is 0.335 e. The first-order valence-corrected chi connectivity index (χ1v) is 16.5. The van der Waals surface area contributed by atoms with E-state index in [1.165, 1.54) is 24.3 Å². The number of carbonyl (C=O) groups excluding carboxylic acids is 2. The van der Waals surface area contributed by atoms with Crippen LogP contribution in [0, 0.1) is 5.92 Å². The topological polar surface area (TPSA) is 151 Å². The number of nitrogens with one attached hydrogen (secondary N) is 3. The van der Waals surface area contributed by atoms with Crippen LogP contribution in [0.3, 0.4) is 0 Å². The zero-order valence-electron chi connectivity index (χ0n) is 25.3. The molecule has 0 heterocycles. The molecule has 0 unspecified atom stereocenters. The van der Waals surface area contributed by atoms with Gasteiger partial charge in [0.25, 0.3) is 11.8 Å². The van der Waals surface area contributed by atoms with E-state index in [4.69, 9.17) is 9.84 Å². The fourth-order valence-corrected chi connectivity index (χ4v) is 5.82. The molecule has 1 aliphatic carbocycles. The van der Waals surface area contributed by atoms with Crippen molar-refractivity contribution in [1.82, 2.24) is 4.72 Å². The third-order valence-electron chi connectivity index (χ3n) is 7.52. The minimum Gasteiger partial charge on any atom is -0.493 e. The number of hydrogen-bond acceptors (Lipinski definition) is 6. The quantitative estimate of drug-likeness (QED) is 0.137. The summed E-state index contributed by atoms with van der Waals surface area (Å²) in [6.45, 7) is 2.42. The molecule has 0 atom stereocenters. The Bertz CT molecular complexity index is 1840. The van der Waals surface area contributed by atoms with Crippen LogP contribution in [0.5, 0.6) is 5.75 Å². The molecule has 1 aliphatic rings. The standard InChI is InChI=1S/C35H35N3O7S/c1-2-36-46(43,44)30-5-3-4-27(20-30)33(39)38-32-19-18-29(45-22-25-8-9-25)21-31(32)34(40)37-28-16-12-24(13-17-28)7-6-23-10-14-26(15-11-23)35(41)42/h3-5,10-21,25,36H,2,6-9,22H2,1H3,(H,37,40)(H,38,39)(H,41,42). The van der Waals surface area contributed by atoms with Crippen molar-refractivity contribution in [2.75, 3.05) is 23.8 Å². The molecule has 11 heteroatoms. The number of carbonyl (C=O) groups is 3. The Morgan fingerprint density at radius 3 is 2.11 bits per heavy atom. The van der Waals surface area contributed by atoms with Crippen LogP contribution >= 0.6 is 0 Å². The molecule has 0 radical (unpaired) electrons. The first-order valence-electron chi connectivity index (χ1n) is 15.0. The first kappa shape index (κ1) is 32.4. The van der Waals surface area contributed by atoms with E-state index in [-0.39, 0.29) is 33.8 Å². The van der Waals surface area contributed by atoms with Crippen molar-refractivity contribution in [2.45, 2.75) is 37.5 Å². The Kier molecular flexibility index (Phi) is 10.1. The number of aryl methyl sites for hydroxylation is 2. The molecule has 10 nitrogen and oxygen atoms in total. The number of benzene rings is 4. The van der Waals surface area contributed by atoms with Crippen molar-refractivity contribution in [3.63, 3.8) is 0 Å². The van der Waals surface area contributed by atoms with E-state index < -0.39 is 27.8 Å². The van der Waals surface area contributed by atoms with Gasteiger partial charge in [0.1, 0.15) is 5.75 Å². The van der Waals surface area contributed by atoms with Gasteiger partial charge in [0.15, 0.2) is 0 Å². The Morgan fingerprint density at radius 2 is 1.48 bits per heavy atom. The van der Waals surface area contributed by atoms with Crippen molar-refractivity contribution < 1.29 is 32.6 Å². The van der Waals surface area contributed by atoms with E-state index in [9.17, 15) is 22.8 Å². The molecule has 2 amide bonds. The first-order chi connectivity index (χ1) is 22.1. The predicted molar refractivity (Wildman–Crippen MR) is 175 cm³/mol. The highest BCUT2D eigenvalue weighted by Crippen LogP contribution is 2.31. The summed E-state index contributed by atoms with van der Waals surface area (Å²) in [5.41, 5.74) is 3.42. The second kappa shape index (κ2) is 14.4. The molecule has 1 fully saturated rings. The van der Waals surface area contributed by atoms with Crippen molar-refractivity contribution in [2.24, 2.45) is 5.92 Å². The van der Waals surface area contributed by atoms with Crippen LogP contribution in [0.2, 0.25) is 0 Å². The fraction of sp³-hybridized carbons (Fsp3) is 0.229. The maximum absolute atomic E-state index is 13.5. The lowest BCUT2D eigenvalue weighted by molar-refractivity contribution is 0.0696. The van der Waals surface area contributed by atoms with E-state index in [0.29, 0.717) is 24.0 Å². The molecule has 1 saturated carbocycles. The minimum absolute atomic E-state index is 0.0386. The SMILES string of the molecule is CCNS(=O)(=O)c1cccc(C(=O)Nc2ccc(OCC3CC3)cc2C(=O)Nc2ccc(CCc3ccc(C(=O)O)cc3)cc2)c1. The molecule has 46 heavy (non-hydrogen) atoms. The second-order valence-corrected chi connectivity index (χ2v) is 12.9. The number of hydrogen-bond donors (Lipinski definition) is 4. The number of sulfonamides is 1. The monoisotopic (exact) mass is 641 g/mol. The van der Waals surface area contributed by atoms with Crippen LogP contribution in [0.15, 0.2) is 95.9 Å². The van der Waals surface area contributed by atoms with Gasteiger partial charge in [-0.1, -0.05) is 37.3 Å². The van der Waals surface area contributed by atoms with Crippen molar-refractivity contribution in [3.05, 3.63) is 119 Å². The van der Waals surface area contributed by atoms with E-state index >= 15 is 0 Å². The van der Waals surface area contributed by atoms with Gasteiger partial charge in [0.05, 0.1) is 28.3 Å². The molecule has 4 aromatic rings. The Morgan fingerprint density at radius 1 is 0.804 bits per heavy atom. The third kappa shape index (κ3) is 8.58. The normalized spacial score (nSPS) is 12.7. The van der Waals surface area contributed by atoms with E-state index in [1.54, 1.807) is 61.5 Å². The largest absolute Gasteiger partial charge is 0.493 e. The van der Waals surface area contributed by atoms with Gasteiger partial charge in [-0.2, -0.15) is 0 Å². The van der Waals surface area contributed by atoms with Crippen LogP contribution in [0.4, 0.5) is 11.4 Å². The minimum atomic E-state index is -3.77. The smallest absolute Gasteiger partial charge is 0.335 e. The van der Waals surface area contributed by atoms with Gasteiger partial charge in [-0.3, -0.25) is 9.59 Å². The summed E-state index contributed by atoms with van der Waals surface area (Å²) in [7, 11) is -3.77. The summed E-state index contributed by atoms with van der Waals surface area (Å²) in [5.74, 6) is -0.983. The molecular formula is C35H35N3O7S. The van der Waals surface area contributed by atoms with Crippen molar-refractivity contribution in [1.29, 1.82) is 0 Å². The van der Waals surface area contributed by atoms with Crippen molar-refractivity contribution >= 4 is 39.2 Å². The molecule has 4 N–H and O–H groups in total. The second-order valence-electron chi connectivity index (χ2n) is 11.1. The van der Waals surface area contributed by atoms with Crippen molar-refractivity contribution in [3.8, 4) is 5.75 Å². The highest BCUT2D eigenvalue weighted by atomic mass is 32.2. The number of aromatic carboxylic acids is 1. The third-order valence-corrected chi connectivity index (χ3v) is 9.07. The average molecular weight is 642 g/mol. The summed E-state index contributed by atoms with van der Waals surface area (Å²) in [6, 6.07) is 24.7. The van der Waals surface area contributed by atoms with E-state index in [2.05, 4.69) is 15.4 Å². The number of rotatable bonds is 14. The summed E-state index contributed by atoms with van der Waals surface area (Å²) in [5, 5.41) is 14.7. The highest BCUT2D eigenvalue weighted by Gasteiger charge is 2.23. The number of amides is 2. The number of carboxylic acid groups (broad SMARTS) is 1. The van der Waals surface area contributed by atoms with Crippen LogP contribution in [-0.2, 0) is 22.9 Å². The van der Waals surface area contributed by atoms with Crippen LogP contribution in [-0.4, -0.2) is 44.5 Å². The lowest BCUT2D eigenvalue weighted by Crippen LogP contribution is -2.24. The summed E-state index contributed by atoms with van der Waals surface area (Å²) in [4.78, 5) is 37.8. The zero-order valence-corrected chi connectivity index (χ0v) is 26.1. The lowest BCUT2D eigenvalue weighted by Gasteiger charge is -2.15. The maximum atomic E-state index is 13.5. The van der Waals surface area contributed by atoms with Gasteiger partial charge in [-0.25, -0.2) is 17.9 Å². The Hall–Kier alpha value is -5.00. The van der Waals surface area contributed by atoms with Crippen LogP contribution in [0.1, 0.15) is 62.0 Å². The van der Waals surface area contributed by atoms with Gasteiger partial charge in [-0.15, -0.1) is 0 Å². The summed E-state index contributed by atoms with van der Waals surface area (Å²) < 4.78 is 33.2. The lowest BCUT2D eigenvalue weighted by atomic mass is 10.0. The molecule has 0 spiro atoms. The predicted octanol–water partition coefficient (Wildman–Crippen LogP) is 5.76. The van der Waals surface area contributed by atoms with E-state index in [0.717, 1.165) is 36.8 Å². The number of ether oxygens (including phenoxy) is 1. The Labute approximate surface area is 267 Å².